The van der Waals surface area contributed by atoms with E-state index < -0.39 is 36.2 Å². The number of hydrogen-bond acceptors (Lipinski definition) is 6. The number of rotatable bonds is 8. The molecule has 0 radical (unpaired) electrons. The summed E-state index contributed by atoms with van der Waals surface area (Å²) in [7, 11) is 0. The van der Waals surface area contributed by atoms with Crippen LogP contribution < -0.4 is 10.6 Å². The first-order chi connectivity index (χ1) is 16.7. The van der Waals surface area contributed by atoms with Crippen LogP contribution in [-0.4, -0.2) is 44.6 Å². The van der Waals surface area contributed by atoms with Crippen LogP contribution in [0.3, 0.4) is 0 Å². The van der Waals surface area contributed by atoms with Gasteiger partial charge in [0.15, 0.2) is 5.82 Å². The smallest absolute Gasteiger partial charge is 0.354 e. The zero-order valence-electron chi connectivity index (χ0n) is 18.0. The zero-order chi connectivity index (χ0) is 25.0. The minimum atomic E-state index is -4.70. The Morgan fingerprint density at radius 3 is 2.43 bits per heavy atom. The van der Waals surface area contributed by atoms with Crippen molar-refractivity contribution in [3.05, 3.63) is 77.5 Å². The van der Waals surface area contributed by atoms with Crippen molar-refractivity contribution in [3.8, 4) is 0 Å². The second kappa shape index (κ2) is 9.91. The van der Waals surface area contributed by atoms with Crippen LogP contribution in [0.25, 0.3) is 11.0 Å². The van der Waals surface area contributed by atoms with Crippen molar-refractivity contribution in [3.63, 3.8) is 0 Å². The number of para-hydroxylation sites is 2. The summed E-state index contributed by atoms with van der Waals surface area (Å²) in [5, 5.41) is 8.65. The SMILES string of the molecule is O=C(Cc1ccc(F)cc1)NCCNC(=O)c1nc(Cn2c(C(F)(F)F)nc3ccccc32)no1. The molecule has 2 amide bonds. The Bertz CT molecular complexity index is 1350. The van der Waals surface area contributed by atoms with E-state index >= 15 is 0 Å². The monoisotopic (exact) mass is 490 g/mol. The lowest BCUT2D eigenvalue weighted by Gasteiger charge is -2.09. The molecule has 35 heavy (non-hydrogen) atoms. The largest absolute Gasteiger partial charge is 0.449 e. The normalized spacial score (nSPS) is 11.5. The highest BCUT2D eigenvalue weighted by Gasteiger charge is 2.38. The predicted octanol–water partition coefficient (Wildman–Crippen LogP) is 2.71. The number of hydrogen-bond donors (Lipinski definition) is 2. The van der Waals surface area contributed by atoms with Crippen molar-refractivity contribution in [2.75, 3.05) is 13.1 Å². The number of fused-ring (bicyclic) bond motifs is 1. The molecule has 0 aliphatic heterocycles. The first kappa shape index (κ1) is 23.9. The molecule has 0 bridgehead atoms. The highest BCUT2D eigenvalue weighted by Crippen LogP contribution is 2.31. The fraction of sp³-hybridized carbons (Fsp3) is 0.227. The number of imidazole rings is 1. The molecule has 0 aliphatic carbocycles. The molecular formula is C22H18F4N6O3. The number of aromatic nitrogens is 4. The molecule has 2 N–H and O–H groups in total. The third kappa shape index (κ3) is 5.80. The van der Waals surface area contributed by atoms with Gasteiger partial charge in [0.25, 0.3) is 0 Å². The predicted molar refractivity (Wildman–Crippen MR) is 114 cm³/mol. The Morgan fingerprint density at radius 2 is 1.69 bits per heavy atom. The van der Waals surface area contributed by atoms with Gasteiger partial charge < -0.3 is 19.7 Å². The molecule has 0 unspecified atom stereocenters. The van der Waals surface area contributed by atoms with Crippen molar-refractivity contribution >= 4 is 22.8 Å². The van der Waals surface area contributed by atoms with Gasteiger partial charge in [-0.25, -0.2) is 9.37 Å². The van der Waals surface area contributed by atoms with Gasteiger partial charge in [0.2, 0.25) is 11.7 Å². The van der Waals surface area contributed by atoms with Crippen molar-refractivity contribution < 1.29 is 31.7 Å². The summed E-state index contributed by atoms with van der Waals surface area (Å²) in [6, 6.07) is 11.6. The number of amides is 2. The fourth-order valence-corrected chi connectivity index (χ4v) is 3.31. The van der Waals surface area contributed by atoms with Crippen molar-refractivity contribution in [2.45, 2.75) is 19.1 Å². The van der Waals surface area contributed by atoms with E-state index in [-0.39, 0.29) is 42.3 Å². The molecule has 182 valence electrons. The summed E-state index contributed by atoms with van der Waals surface area (Å²) in [6.07, 6.45) is -4.66. The lowest BCUT2D eigenvalue weighted by molar-refractivity contribution is -0.146. The zero-order valence-corrected chi connectivity index (χ0v) is 18.0. The molecule has 0 saturated carbocycles. The Labute approximate surface area is 195 Å². The fourth-order valence-electron chi connectivity index (χ4n) is 3.31. The molecule has 9 nitrogen and oxygen atoms in total. The quantitative estimate of drug-likeness (QED) is 0.290. The number of carbonyl (C=O) groups excluding carboxylic acids is 2. The van der Waals surface area contributed by atoms with Crippen LogP contribution in [0.15, 0.2) is 53.1 Å². The van der Waals surface area contributed by atoms with Gasteiger partial charge in [-0.2, -0.15) is 18.2 Å². The third-order valence-electron chi connectivity index (χ3n) is 4.88. The van der Waals surface area contributed by atoms with Gasteiger partial charge in [0.1, 0.15) is 5.82 Å². The van der Waals surface area contributed by atoms with Gasteiger partial charge in [-0.15, -0.1) is 0 Å². The molecule has 13 heteroatoms. The number of benzene rings is 2. The second-order valence-corrected chi connectivity index (χ2v) is 7.43. The van der Waals surface area contributed by atoms with E-state index in [1.54, 1.807) is 12.1 Å². The highest BCUT2D eigenvalue weighted by atomic mass is 19.4. The summed E-state index contributed by atoms with van der Waals surface area (Å²) < 4.78 is 59.0. The number of carbonyl (C=O) groups is 2. The van der Waals surface area contributed by atoms with Crippen molar-refractivity contribution in [1.29, 1.82) is 0 Å². The Kier molecular flexibility index (Phi) is 6.75. The minimum Gasteiger partial charge on any atom is -0.354 e. The number of nitrogens with one attached hydrogen (secondary N) is 2. The van der Waals surface area contributed by atoms with E-state index in [1.807, 2.05) is 0 Å². The molecule has 2 heterocycles. The third-order valence-corrected chi connectivity index (χ3v) is 4.88. The van der Waals surface area contributed by atoms with Crippen LogP contribution in [0, 0.1) is 5.82 Å². The Balaban J connectivity index is 1.32. The average molecular weight is 490 g/mol. The van der Waals surface area contributed by atoms with Crippen LogP contribution in [-0.2, 0) is 23.9 Å². The van der Waals surface area contributed by atoms with Gasteiger partial charge in [-0.3, -0.25) is 9.59 Å². The topological polar surface area (TPSA) is 115 Å². The van der Waals surface area contributed by atoms with Gasteiger partial charge in [-0.1, -0.05) is 29.4 Å². The van der Waals surface area contributed by atoms with E-state index in [4.69, 9.17) is 4.52 Å². The van der Waals surface area contributed by atoms with Gasteiger partial charge >= 0.3 is 18.0 Å². The maximum atomic E-state index is 13.4. The van der Waals surface area contributed by atoms with Crippen LogP contribution in [0.4, 0.5) is 17.6 Å². The van der Waals surface area contributed by atoms with Crippen molar-refractivity contribution in [2.24, 2.45) is 0 Å². The standard InChI is InChI=1S/C22H18F4N6O3/c23-14-7-5-13(6-8-14)11-18(33)27-9-10-28-19(34)20-30-17(31-35-20)12-32-16-4-2-1-3-15(16)29-21(32)22(24,25)26/h1-8H,9-12H2,(H,27,33)(H,28,34). The molecule has 4 aromatic rings. The van der Waals surface area contributed by atoms with Gasteiger partial charge in [0, 0.05) is 13.1 Å². The van der Waals surface area contributed by atoms with Crippen LogP contribution >= 0.6 is 0 Å². The molecule has 0 fully saturated rings. The van der Waals surface area contributed by atoms with E-state index in [0.29, 0.717) is 5.56 Å². The van der Waals surface area contributed by atoms with Gasteiger partial charge in [0.05, 0.1) is 24.0 Å². The highest BCUT2D eigenvalue weighted by molar-refractivity contribution is 5.89. The van der Waals surface area contributed by atoms with E-state index in [2.05, 4.69) is 25.8 Å². The molecule has 4 rings (SSSR count). The maximum Gasteiger partial charge on any atom is 0.449 e. The lowest BCUT2D eigenvalue weighted by Crippen LogP contribution is -2.35. The summed E-state index contributed by atoms with van der Waals surface area (Å²) in [5.41, 5.74) is 1.01. The molecule has 0 spiro atoms. The van der Waals surface area contributed by atoms with E-state index in [9.17, 15) is 27.2 Å². The van der Waals surface area contributed by atoms with Crippen LogP contribution in [0.2, 0.25) is 0 Å². The number of halogens is 4. The number of nitrogens with zero attached hydrogens (tertiary/aromatic N) is 4. The summed E-state index contributed by atoms with van der Waals surface area (Å²) in [5.74, 6) is -3.17. The lowest BCUT2D eigenvalue weighted by atomic mass is 10.1. The van der Waals surface area contributed by atoms with Crippen LogP contribution in [0.5, 0.6) is 0 Å². The second-order valence-electron chi connectivity index (χ2n) is 7.43. The number of alkyl halides is 3. The summed E-state index contributed by atoms with van der Waals surface area (Å²) in [6.45, 7) is -0.273. The molecule has 2 aromatic carbocycles. The summed E-state index contributed by atoms with van der Waals surface area (Å²) >= 11 is 0. The summed E-state index contributed by atoms with van der Waals surface area (Å²) in [4.78, 5) is 31.6. The van der Waals surface area contributed by atoms with E-state index in [0.717, 1.165) is 4.57 Å². The molecular weight excluding hydrogens is 472 g/mol. The Morgan fingerprint density at radius 1 is 0.971 bits per heavy atom. The Hall–Kier alpha value is -4.29. The maximum absolute atomic E-state index is 13.4. The van der Waals surface area contributed by atoms with E-state index in [1.165, 1.54) is 36.4 Å². The first-order valence-electron chi connectivity index (χ1n) is 10.3. The van der Waals surface area contributed by atoms with Gasteiger partial charge in [-0.05, 0) is 29.8 Å². The van der Waals surface area contributed by atoms with Crippen molar-refractivity contribution in [1.82, 2.24) is 30.3 Å². The minimum absolute atomic E-state index is 0.0378. The average Bonchev–Trinajstić information content (AvgIpc) is 3.44. The molecule has 0 aliphatic rings. The van der Waals surface area contributed by atoms with Crippen LogP contribution in [0.1, 0.15) is 27.9 Å². The molecule has 2 aromatic heterocycles. The molecule has 0 atom stereocenters. The first-order valence-corrected chi connectivity index (χ1v) is 10.3. The molecule has 0 saturated heterocycles.